The molecule has 3 aromatic carbocycles. The van der Waals surface area contributed by atoms with Gasteiger partial charge in [-0.3, -0.25) is 9.10 Å². The van der Waals surface area contributed by atoms with Crippen LogP contribution in [0.2, 0.25) is 0 Å². The normalized spacial score (nSPS) is 12.2. The van der Waals surface area contributed by atoms with E-state index in [2.05, 4.69) is 5.32 Å². The van der Waals surface area contributed by atoms with Gasteiger partial charge in [-0.2, -0.15) is 0 Å². The number of nitrogens with one attached hydrogen (secondary N) is 1. The first-order valence-electron chi connectivity index (χ1n) is 9.95. The number of carbonyl (C=O) groups excluding carboxylic acids is 1. The van der Waals surface area contributed by atoms with Gasteiger partial charge in [-0.25, -0.2) is 8.42 Å². The Kier molecular flexibility index (Phi) is 7.41. The van der Waals surface area contributed by atoms with Crippen LogP contribution in [-0.4, -0.2) is 27.6 Å². The van der Waals surface area contributed by atoms with Crippen molar-refractivity contribution in [2.45, 2.75) is 29.2 Å². The molecule has 1 unspecified atom stereocenters. The highest BCUT2D eigenvalue weighted by atomic mass is 32.2. The summed E-state index contributed by atoms with van der Waals surface area (Å²) >= 11 is 1.56. The lowest BCUT2D eigenvalue weighted by Crippen LogP contribution is -2.28. The Morgan fingerprint density at radius 3 is 2.13 bits per heavy atom. The molecule has 0 aliphatic heterocycles. The van der Waals surface area contributed by atoms with Crippen molar-refractivity contribution in [3.63, 3.8) is 0 Å². The maximum absolute atomic E-state index is 12.9. The second kappa shape index (κ2) is 10.0. The quantitative estimate of drug-likeness (QED) is 0.480. The summed E-state index contributed by atoms with van der Waals surface area (Å²) in [5.74, 6) is -0.194. The van der Waals surface area contributed by atoms with Gasteiger partial charge >= 0.3 is 0 Å². The maximum atomic E-state index is 12.9. The first kappa shape index (κ1) is 22.9. The third kappa shape index (κ3) is 5.29. The van der Waals surface area contributed by atoms with E-state index in [-0.39, 0.29) is 16.8 Å². The highest BCUT2D eigenvalue weighted by molar-refractivity contribution is 7.98. The van der Waals surface area contributed by atoms with Crippen LogP contribution in [-0.2, 0) is 10.0 Å². The molecule has 0 heterocycles. The standard InChI is InChI=1S/C24H26N2O3S2/c1-4-23(18-8-6-5-7-9-18)25-24(27)19-10-12-20(13-11-19)26(2)31(28,29)22-16-14-21(30-3)15-17-22/h5-17,23H,4H2,1-3H3,(H,25,27). The highest BCUT2D eigenvalue weighted by Crippen LogP contribution is 2.25. The van der Waals surface area contributed by atoms with E-state index in [0.29, 0.717) is 11.3 Å². The van der Waals surface area contributed by atoms with E-state index >= 15 is 0 Å². The maximum Gasteiger partial charge on any atom is 0.264 e. The van der Waals surface area contributed by atoms with E-state index in [4.69, 9.17) is 0 Å². The SMILES string of the molecule is CCC(NC(=O)c1ccc(N(C)S(=O)(=O)c2ccc(SC)cc2)cc1)c1ccccc1. The summed E-state index contributed by atoms with van der Waals surface area (Å²) in [7, 11) is -2.18. The van der Waals surface area contributed by atoms with Crippen molar-refractivity contribution in [2.24, 2.45) is 0 Å². The zero-order chi connectivity index (χ0) is 22.4. The van der Waals surface area contributed by atoms with E-state index in [9.17, 15) is 13.2 Å². The number of thioether (sulfide) groups is 1. The smallest absolute Gasteiger partial charge is 0.264 e. The number of amides is 1. The molecule has 3 rings (SSSR count). The van der Waals surface area contributed by atoms with E-state index < -0.39 is 10.0 Å². The summed E-state index contributed by atoms with van der Waals surface area (Å²) in [6.45, 7) is 2.02. The Morgan fingerprint density at radius 2 is 1.58 bits per heavy atom. The van der Waals surface area contributed by atoms with Crippen LogP contribution in [0.15, 0.2) is 88.7 Å². The van der Waals surface area contributed by atoms with E-state index in [0.717, 1.165) is 16.9 Å². The largest absolute Gasteiger partial charge is 0.345 e. The van der Waals surface area contributed by atoms with Gasteiger partial charge in [0.15, 0.2) is 0 Å². The molecule has 0 saturated heterocycles. The Bertz CT molecular complexity index is 1110. The van der Waals surface area contributed by atoms with Gasteiger partial charge < -0.3 is 5.32 Å². The molecule has 0 spiro atoms. The van der Waals surface area contributed by atoms with Gasteiger partial charge in [0.25, 0.3) is 15.9 Å². The molecule has 31 heavy (non-hydrogen) atoms. The molecule has 0 aromatic heterocycles. The number of carbonyl (C=O) groups is 1. The summed E-state index contributed by atoms with van der Waals surface area (Å²) < 4.78 is 27.1. The van der Waals surface area contributed by atoms with Crippen LogP contribution in [0.4, 0.5) is 5.69 Å². The molecule has 0 aliphatic carbocycles. The molecule has 3 aromatic rings. The highest BCUT2D eigenvalue weighted by Gasteiger charge is 2.22. The van der Waals surface area contributed by atoms with Gasteiger partial charge in [0.05, 0.1) is 16.6 Å². The van der Waals surface area contributed by atoms with Gasteiger partial charge in [0.1, 0.15) is 0 Å². The van der Waals surface area contributed by atoms with Crippen molar-refractivity contribution >= 4 is 33.4 Å². The number of benzene rings is 3. The Labute approximate surface area is 188 Å². The molecule has 5 nitrogen and oxygen atoms in total. The molecule has 1 amide bonds. The van der Waals surface area contributed by atoms with Gasteiger partial charge in [-0.1, -0.05) is 37.3 Å². The van der Waals surface area contributed by atoms with E-state index in [1.54, 1.807) is 60.3 Å². The molecule has 1 atom stereocenters. The predicted molar refractivity (Wildman–Crippen MR) is 127 cm³/mol. The van der Waals surface area contributed by atoms with Crippen LogP contribution < -0.4 is 9.62 Å². The molecular formula is C24H26N2O3S2. The minimum atomic E-state index is -3.69. The van der Waals surface area contributed by atoms with Gasteiger partial charge in [0, 0.05) is 17.5 Å². The monoisotopic (exact) mass is 454 g/mol. The molecule has 0 aliphatic rings. The number of hydrogen-bond acceptors (Lipinski definition) is 4. The second-order valence-corrected chi connectivity index (χ2v) is 9.89. The average molecular weight is 455 g/mol. The molecule has 0 saturated carbocycles. The molecule has 0 bridgehead atoms. The lowest BCUT2D eigenvalue weighted by Gasteiger charge is -2.20. The summed E-state index contributed by atoms with van der Waals surface area (Å²) in [5, 5.41) is 3.04. The van der Waals surface area contributed by atoms with Crippen molar-refractivity contribution in [1.29, 1.82) is 0 Å². The van der Waals surface area contributed by atoms with Crippen molar-refractivity contribution < 1.29 is 13.2 Å². The summed E-state index contributed by atoms with van der Waals surface area (Å²) in [5.41, 5.74) is 2.02. The zero-order valence-corrected chi connectivity index (χ0v) is 19.4. The summed E-state index contributed by atoms with van der Waals surface area (Å²) in [6.07, 6.45) is 2.71. The topological polar surface area (TPSA) is 66.5 Å². The van der Waals surface area contributed by atoms with Gasteiger partial charge in [0.2, 0.25) is 0 Å². The second-order valence-electron chi connectivity index (χ2n) is 7.04. The zero-order valence-electron chi connectivity index (χ0n) is 17.8. The van der Waals surface area contributed by atoms with E-state index in [1.165, 1.54) is 11.4 Å². The van der Waals surface area contributed by atoms with Crippen LogP contribution in [0.3, 0.4) is 0 Å². The van der Waals surface area contributed by atoms with Crippen LogP contribution >= 0.6 is 11.8 Å². The summed E-state index contributed by atoms with van der Waals surface area (Å²) in [4.78, 5) is 13.9. The molecule has 0 fully saturated rings. The fraction of sp³-hybridized carbons (Fsp3) is 0.208. The summed E-state index contributed by atoms with van der Waals surface area (Å²) in [6, 6.07) is 23.1. The van der Waals surface area contributed by atoms with Crippen LogP contribution in [0.1, 0.15) is 35.3 Å². The molecular weight excluding hydrogens is 428 g/mol. The fourth-order valence-corrected chi connectivity index (χ4v) is 4.82. The number of sulfonamides is 1. The lowest BCUT2D eigenvalue weighted by molar-refractivity contribution is 0.0935. The van der Waals surface area contributed by atoms with Crippen LogP contribution in [0.25, 0.3) is 0 Å². The minimum Gasteiger partial charge on any atom is -0.345 e. The first-order valence-corrected chi connectivity index (χ1v) is 12.6. The first-order chi connectivity index (χ1) is 14.9. The Morgan fingerprint density at radius 1 is 0.968 bits per heavy atom. The van der Waals surface area contributed by atoms with Crippen molar-refractivity contribution in [3.05, 3.63) is 90.0 Å². The third-order valence-electron chi connectivity index (χ3n) is 5.13. The van der Waals surface area contributed by atoms with Gasteiger partial charge in [-0.05, 0) is 66.8 Å². The van der Waals surface area contributed by atoms with Crippen LogP contribution in [0, 0.1) is 0 Å². The fourth-order valence-electron chi connectivity index (χ4n) is 3.22. The molecule has 1 N–H and O–H groups in total. The molecule has 162 valence electrons. The number of anilines is 1. The Balaban J connectivity index is 1.74. The van der Waals surface area contributed by atoms with Crippen molar-refractivity contribution in [3.8, 4) is 0 Å². The van der Waals surface area contributed by atoms with E-state index in [1.807, 2.05) is 43.5 Å². The third-order valence-corrected chi connectivity index (χ3v) is 7.67. The average Bonchev–Trinajstić information content (AvgIpc) is 2.82. The minimum absolute atomic E-state index is 0.0827. The Hall–Kier alpha value is -2.77. The van der Waals surface area contributed by atoms with Crippen LogP contribution in [0.5, 0.6) is 0 Å². The number of hydrogen-bond donors (Lipinski definition) is 1. The number of rotatable bonds is 8. The van der Waals surface area contributed by atoms with Crippen molar-refractivity contribution in [1.82, 2.24) is 5.32 Å². The number of nitrogens with zero attached hydrogens (tertiary/aromatic N) is 1. The van der Waals surface area contributed by atoms with Crippen molar-refractivity contribution in [2.75, 3.05) is 17.6 Å². The van der Waals surface area contributed by atoms with Gasteiger partial charge in [-0.15, -0.1) is 11.8 Å². The molecule has 0 radical (unpaired) electrons. The lowest BCUT2D eigenvalue weighted by atomic mass is 10.0. The molecule has 7 heteroatoms. The predicted octanol–water partition coefficient (Wildman–Crippen LogP) is 5.11.